The zero-order valence-corrected chi connectivity index (χ0v) is 23.4. The fourth-order valence-electron chi connectivity index (χ4n) is 7.20. The molecule has 1 saturated carbocycles. The molecule has 3 heterocycles. The van der Waals surface area contributed by atoms with Crippen LogP contribution in [0.4, 0.5) is 10.1 Å². The molecule has 7 rings (SSSR count). The van der Waals surface area contributed by atoms with E-state index in [0.717, 1.165) is 15.1 Å². The molecule has 0 bridgehead atoms. The Kier molecular flexibility index (Phi) is 5.84. The fraction of sp³-hybridized carbons (Fsp3) is 0.250. The highest BCUT2D eigenvalue weighted by Gasteiger charge is 2.68. The molecule has 10 nitrogen and oxygen atoms in total. The summed E-state index contributed by atoms with van der Waals surface area (Å²) in [5.41, 5.74) is 3.52. The molecule has 2 aliphatic heterocycles. The molecule has 11 heteroatoms. The molecule has 43 heavy (non-hydrogen) atoms. The van der Waals surface area contributed by atoms with Crippen LogP contribution in [-0.4, -0.2) is 35.9 Å². The minimum atomic E-state index is -1.53. The number of aromatic hydroxyl groups is 1. The highest BCUT2D eigenvalue weighted by molar-refractivity contribution is 6.12. The van der Waals surface area contributed by atoms with Gasteiger partial charge in [-0.2, -0.15) is 5.01 Å². The molecule has 0 radical (unpaired) electrons. The summed E-state index contributed by atoms with van der Waals surface area (Å²) in [6.45, 7) is 1.98. The van der Waals surface area contributed by atoms with Crippen molar-refractivity contribution in [1.29, 1.82) is 0 Å². The van der Waals surface area contributed by atoms with Gasteiger partial charge in [0.25, 0.3) is 11.8 Å². The maximum atomic E-state index is 15.0. The number of hydrogen-bond acceptors (Lipinski definition) is 6. The smallest absolute Gasteiger partial charge is 0.347 e. The van der Waals surface area contributed by atoms with Crippen molar-refractivity contribution in [3.63, 3.8) is 0 Å². The van der Waals surface area contributed by atoms with E-state index >= 15 is 4.39 Å². The molecule has 3 aromatic carbocycles. The number of amides is 2. The average Bonchev–Trinajstić information content (AvgIpc) is 3.36. The van der Waals surface area contributed by atoms with E-state index in [9.17, 15) is 24.3 Å². The lowest BCUT2D eigenvalue weighted by molar-refractivity contribution is -0.138. The SMILES string of the molecule is Cc1ccc(NN2C(=O)[C@@H]3C[C@@H]4C(=CCn5c(=O)n(C)c(=O)n54)[C@H](c4ccc(O)c(F)c4)[C@]3(c3ccccc3)C2=O)cc1. The molecule has 0 unspecified atom stereocenters. The van der Waals surface area contributed by atoms with Gasteiger partial charge in [-0.3, -0.25) is 15.0 Å². The average molecular weight is 582 g/mol. The van der Waals surface area contributed by atoms with Gasteiger partial charge in [-0.1, -0.05) is 60.2 Å². The lowest BCUT2D eigenvalue weighted by Gasteiger charge is -2.49. The number of phenols is 1. The first kappa shape index (κ1) is 26.7. The number of nitrogens with one attached hydrogen (secondary N) is 1. The van der Waals surface area contributed by atoms with Crippen molar-refractivity contribution in [1.82, 2.24) is 18.9 Å². The highest BCUT2D eigenvalue weighted by Crippen LogP contribution is 2.61. The largest absolute Gasteiger partial charge is 0.505 e. The third-order valence-corrected chi connectivity index (χ3v) is 9.15. The number of aromatic nitrogens is 3. The van der Waals surface area contributed by atoms with E-state index in [1.54, 1.807) is 42.5 Å². The molecule has 2 N–H and O–H groups in total. The molecule has 1 aromatic heterocycles. The topological polar surface area (TPSA) is 119 Å². The van der Waals surface area contributed by atoms with Gasteiger partial charge in [0.2, 0.25) is 0 Å². The second-order valence-corrected chi connectivity index (χ2v) is 11.4. The molecule has 2 amide bonds. The van der Waals surface area contributed by atoms with Crippen LogP contribution >= 0.6 is 0 Å². The first-order valence-corrected chi connectivity index (χ1v) is 14.0. The van der Waals surface area contributed by atoms with E-state index in [4.69, 9.17) is 0 Å². The summed E-state index contributed by atoms with van der Waals surface area (Å²) in [6, 6.07) is 19.4. The molecule has 1 saturated heterocycles. The minimum Gasteiger partial charge on any atom is -0.505 e. The van der Waals surface area contributed by atoms with Crippen molar-refractivity contribution in [2.75, 3.05) is 5.43 Å². The van der Waals surface area contributed by atoms with Crippen LogP contribution in [0, 0.1) is 18.7 Å². The number of phenolic OH excluding ortho intramolecular Hbond substituents is 1. The van der Waals surface area contributed by atoms with Crippen LogP contribution in [0.2, 0.25) is 0 Å². The van der Waals surface area contributed by atoms with Gasteiger partial charge < -0.3 is 5.11 Å². The summed E-state index contributed by atoms with van der Waals surface area (Å²) in [4.78, 5) is 55.5. The van der Waals surface area contributed by atoms with E-state index in [0.29, 0.717) is 22.4 Å². The van der Waals surface area contributed by atoms with E-state index in [2.05, 4.69) is 5.43 Å². The normalized spacial score (nSPS) is 24.3. The van der Waals surface area contributed by atoms with E-state index in [-0.39, 0.29) is 13.0 Å². The zero-order chi connectivity index (χ0) is 30.2. The van der Waals surface area contributed by atoms with E-state index < -0.39 is 58.1 Å². The van der Waals surface area contributed by atoms with Crippen molar-refractivity contribution in [2.45, 2.75) is 37.3 Å². The number of imide groups is 1. The van der Waals surface area contributed by atoms with Crippen molar-refractivity contribution in [3.8, 4) is 5.75 Å². The number of hydrogen-bond donors (Lipinski definition) is 2. The van der Waals surface area contributed by atoms with Gasteiger partial charge in [0.1, 0.15) is 0 Å². The lowest BCUT2D eigenvalue weighted by atomic mass is 9.53. The van der Waals surface area contributed by atoms with Crippen LogP contribution < -0.4 is 16.8 Å². The molecule has 1 aliphatic carbocycles. The van der Waals surface area contributed by atoms with Gasteiger partial charge in [-0.15, -0.1) is 0 Å². The Morgan fingerprint density at radius 2 is 1.67 bits per heavy atom. The number of nitrogens with zero attached hydrogens (tertiary/aromatic N) is 4. The quantitative estimate of drug-likeness (QED) is 0.283. The number of hydrazine groups is 1. The van der Waals surface area contributed by atoms with Crippen LogP contribution in [0.15, 0.2) is 94.0 Å². The molecular formula is C32H28FN5O5. The van der Waals surface area contributed by atoms with Crippen LogP contribution in [0.25, 0.3) is 0 Å². The number of carbonyl (C=O) groups excluding carboxylic acids is 2. The Hall–Kier alpha value is -5.19. The number of allylic oxidation sites excluding steroid dienone is 2. The highest BCUT2D eigenvalue weighted by atomic mass is 19.1. The van der Waals surface area contributed by atoms with Crippen molar-refractivity contribution < 1.29 is 19.1 Å². The molecular weight excluding hydrogens is 553 g/mol. The van der Waals surface area contributed by atoms with Crippen LogP contribution in [0.3, 0.4) is 0 Å². The summed E-state index contributed by atoms with van der Waals surface area (Å²) in [6.07, 6.45) is 1.85. The van der Waals surface area contributed by atoms with Gasteiger partial charge in [-0.25, -0.2) is 27.9 Å². The first-order valence-electron chi connectivity index (χ1n) is 14.0. The second-order valence-electron chi connectivity index (χ2n) is 11.4. The van der Waals surface area contributed by atoms with Gasteiger partial charge in [0, 0.05) is 13.0 Å². The maximum absolute atomic E-state index is 15.0. The predicted octanol–water partition coefficient (Wildman–Crippen LogP) is 3.12. The number of aryl methyl sites for hydroxylation is 1. The Bertz CT molecular complexity index is 1960. The van der Waals surface area contributed by atoms with Crippen LogP contribution in [0.1, 0.15) is 35.1 Å². The zero-order valence-electron chi connectivity index (χ0n) is 23.4. The number of anilines is 1. The van der Waals surface area contributed by atoms with Gasteiger partial charge in [0.05, 0.1) is 29.6 Å². The Balaban J connectivity index is 1.50. The van der Waals surface area contributed by atoms with Gasteiger partial charge in [-0.05, 0) is 54.3 Å². The molecule has 4 atom stereocenters. The third-order valence-electron chi connectivity index (χ3n) is 9.15. The predicted molar refractivity (Wildman–Crippen MR) is 155 cm³/mol. The minimum absolute atomic E-state index is 0.0534. The molecule has 2 fully saturated rings. The third kappa shape index (κ3) is 3.63. The van der Waals surface area contributed by atoms with Gasteiger partial charge >= 0.3 is 11.4 Å². The van der Waals surface area contributed by atoms with Crippen LogP contribution in [-0.2, 0) is 28.6 Å². The molecule has 4 aromatic rings. The summed E-state index contributed by atoms with van der Waals surface area (Å²) >= 11 is 0. The summed E-state index contributed by atoms with van der Waals surface area (Å²) in [5, 5.41) is 11.1. The van der Waals surface area contributed by atoms with E-state index in [1.165, 1.54) is 34.6 Å². The van der Waals surface area contributed by atoms with Crippen molar-refractivity contribution in [2.24, 2.45) is 13.0 Å². The number of benzene rings is 3. The standard InChI is InChI=1S/C32H28FN5O5/c1-18-8-11-21(12-9-18)34-37-28(40)23-17-25-22(14-15-36-30(42)35(2)31(43)38(25)36)27(19-10-13-26(39)24(33)16-19)32(23,29(37)41)20-6-4-3-5-7-20/h3-14,16,23,25,27,34,39H,15,17H2,1-2H3/t23-,25+,27-,32+/m0/s1. The summed E-state index contributed by atoms with van der Waals surface area (Å²) < 4.78 is 18.7. The Labute approximate surface area is 244 Å². The number of rotatable bonds is 4. The maximum Gasteiger partial charge on any atom is 0.347 e. The second kappa shape index (κ2) is 9.41. The number of carbonyl (C=O) groups is 2. The van der Waals surface area contributed by atoms with Gasteiger partial charge in [0.15, 0.2) is 11.6 Å². The number of fused-ring (bicyclic) bond motifs is 4. The van der Waals surface area contributed by atoms with Crippen molar-refractivity contribution in [3.05, 3.63) is 128 Å². The Morgan fingerprint density at radius 1 is 0.953 bits per heavy atom. The van der Waals surface area contributed by atoms with E-state index in [1.807, 2.05) is 25.1 Å². The monoisotopic (exact) mass is 581 g/mol. The molecule has 218 valence electrons. The van der Waals surface area contributed by atoms with Crippen molar-refractivity contribution >= 4 is 17.5 Å². The molecule has 0 spiro atoms. The van der Waals surface area contributed by atoms with Crippen LogP contribution in [0.5, 0.6) is 5.75 Å². The fourth-order valence-corrected chi connectivity index (χ4v) is 7.20. The number of halogens is 1. The molecule has 3 aliphatic rings. The first-order chi connectivity index (χ1) is 20.6. The summed E-state index contributed by atoms with van der Waals surface area (Å²) in [5.74, 6) is -4.35. The lowest BCUT2D eigenvalue weighted by Crippen LogP contribution is -2.53. The summed E-state index contributed by atoms with van der Waals surface area (Å²) in [7, 11) is 1.39. The Morgan fingerprint density at radius 3 is 2.37 bits per heavy atom.